The fraction of sp³-hybridized carbons (Fsp3) is 0.438. The lowest BCUT2D eigenvalue weighted by Crippen LogP contribution is -2.38. The summed E-state index contributed by atoms with van der Waals surface area (Å²) >= 11 is 0. The Bertz CT molecular complexity index is 586. The highest BCUT2D eigenvalue weighted by atomic mass is 16.3. The van der Waals surface area contributed by atoms with Gasteiger partial charge in [-0.25, -0.2) is 0 Å². The van der Waals surface area contributed by atoms with E-state index in [4.69, 9.17) is 0 Å². The van der Waals surface area contributed by atoms with Gasteiger partial charge in [0, 0.05) is 24.6 Å². The number of nitrogens with zero attached hydrogens (tertiary/aromatic N) is 2. The number of aromatic nitrogens is 2. The van der Waals surface area contributed by atoms with Gasteiger partial charge in [0.05, 0.1) is 18.9 Å². The molecule has 4 nitrogen and oxygen atoms in total. The highest BCUT2D eigenvalue weighted by molar-refractivity contribution is 5.32. The molecule has 2 rings (SSSR count). The van der Waals surface area contributed by atoms with Crippen LogP contribution in [0.1, 0.15) is 22.5 Å². The number of aliphatic hydroxyl groups is 2. The molecule has 0 saturated carbocycles. The summed E-state index contributed by atoms with van der Waals surface area (Å²) in [6.07, 6.45) is 0.556. The molecule has 0 radical (unpaired) electrons. The Kier molecular flexibility index (Phi) is 4.26. The van der Waals surface area contributed by atoms with E-state index < -0.39 is 5.41 Å². The van der Waals surface area contributed by atoms with Crippen LogP contribution in [0, 0.1) is 13.8 Å². The van der Waals surface area contributed by atoms with Gasteiger partial charge in [0.25, 0.3) is 0 Å². The van der Waals surface area contributed by atoms with E-state index in [0.717, 1.165) is 22.5 Å². The monoisotopic (exact) mass is 274 g/mol. The molecule has 1 aromatic carbocycles. The Balaban J connectivity index is 2.42. The third kappa shape index (κ3) is 2.76. The topological polar surface area (TPSA) is 58.3 Å². The van der Waals surface area contributed by atoms with E-state index in [1.165, 1.54) is 0 Å². The number of hydrogen-bond acceptors (Lipinski definition) is 3. The molecule has 0 saturated heterocycles. The van der Waals surface area contributed by atoms with E-state index in [1.807, 2.05) is 55.9 Å². The molecule has 0 spiro atoms. The van der Waals surface area contributed by atoms with Crippen molar-refractivity contribution in [3.8, 4) is 0 Å². The van der Waals surface area contributed by atoms with Crippen molar-refractivity contribution in [3.63, 3.8) is 0 Å². The largest absolute Gasteiger partial charge is 0.395 e. The third-order valence-electron chi connectivity index (χ3n) is 3.85. The zero-order valence-corrected chi connectivity index (χ0v) is 12.3. The number of rotatable bonds is 5. The van der Waals surface area contributed by atoms with Gasteiger partial charge < -0.3 is 10.2 Å². The van der Waals surface area contributed by atoms with Gasteiger partial charge in [-0.2, -0.15) is 5.10 Å². The summed E-state index contributed by atoms with van der Waals surface area (Å²) in [5.74, 6) is 0. The predicted molar refractivity (Wildman–Crippen MR) is 78.7 cm³/mol. The molecule has 0 aliphatic heterocycles. The second-order valence-corrected chi connectivity index (χ2v) is 5.54. The molecule has 2 N–H and O–H groups in total. The van der Waals surface area contributed by atoms with Crippen LogP contribution in [0.4, 0.5) is 0 Å². The lowest BCUT2D eigenvalue weighted by atomic mass is 9.77. The van der Waals surface area contributed by atoms with Gasteiger partial charge in [0.2, 0.25) is 0 Å². The predicted octanol–water partition coefficient (Wildman–Crippen LogP) is 1.50. The van der Waals surface area contributed by atoms with Crippen molar-refractivity contribution in [2.24, 2.45) is 7.05 Å². The molecule has 108 valence electrons. The number of benzene rings is 1. The second-order valence-electron chi connectivity index (χ2n) is 5.54. The summed E-state index contributed by atoms with van der Waals surface area (Å²) in [7, 11) is 1.89. The maximum absolute atomic E-state index is 9.89. The summed E-state index contributed by atoms with van der Waals surface area (Å²) in [6.45, 7) is 3.75. The van der Waals surface area contributed by atoms with Crippen LogP contribution in [0.5, 0.6) is 0 Å². The van der Waals surface area contributed by atoms with Gasteiger partial charge in [-0.3, -0.25) is 4.68 Å². The zero-order valence-electron chi connectivity index (χ0n) is 12.3. The number of aliphatic hydroxyl groups excluding tert-OH is 2. The van der Waals surface area contributed by atoms with Gasteiger partial charge in [-0.05, 0) is 25.5 Å². The van der Waals surface area contributed by atoms with Gasteiger partial charge in [0.15, 0.2) is 0 Å². The lowest BCUT2D eigenvalue weighted by molar-refractivity contribution is 0.114. The average molecular weight is 274 g/mol. The minimum Gasteiger partial charge on any atom is -0.395 e. The fourth-order valence-electron chi connectivity index (χ4n) is 2.60. The first-order valence-corrected chi connectivity index (χ1v) is 6.79. The molecule has 1 heterocycles. The highest BCUT2D eigenvalue weighted by Gasteiger charge is 2.32. The Morgan fingerprint density at radius 1 is 1.15 bits per heavy atom. The van der Waals surface area contributed by atoms with Gasteiger partial charge in [0.1, 0.15) is 0 Å². The number of aryl methyl sites for hydroxylation is 3. The summed E-state index contributed by atoms with van der Waals surface area (Å²) in [4.78, 5) is 0. The minimum absolute atomic E-state index is 0.100. The van der Waals surface area contributed by atoms with E-state index in [-0.39, 0.29) is 13.2 Å². The van der Waals surface area contributed by atoms with Crippen molar-refractivity contribution in [2.75, 3.05) is 13.2 Å². The van der Waals surface area contributed by atoms with Crippen molar-refractivity contribution in [1.82, 2.24) is 9.78 Å². The molecule has 0 aliphatic rings. The second kappa shape index (κ2) is 5.77. The molecule has 4 heteroatoms. The van der Waals surface area contributed by atoms with Gasteiger partial charge >= 0.3 is 0 Å². The maximum atomic E-state index is 9.89. The molecule has 0 amide bonds. The summed E-state index contributed by atoms with van der Waals surface area (Å²) in [6, 6.07) is 9.95. The van der Waals surface area contributed by atoms with Crippen LogP contribution in [0.25, 0.3) is 0 Å². The maximum Gasteiger partial charge on any atom is 0.0596 e. The molecular weight excluding hydrogens is 252 g/mol. The first-order chi connectivity index (χ1) is 9.50. The Morgan fingerprint density at radius 3 is 2.35 bits per heavy atom. The molecule has 2 aromatic rings. The zero-order chi connectivity index (χ0) is 14.8. The summed E-state index contributed by atoms with van der Waals surface area (Å²) in [5.41, 5.74) is 3.35. The van der Waals surface area contributed by atoms with Crippen LogP contribution in [0.2, 0.25) is 0 Å². The Hall–Kier alpha value is -1.65. The van der Waals surface area contributed by atoms with Crippen molar-refractivity contribution >= 4 is 0 Å². The quantitative estimate of drug-likeness (QED) is 0.868. The van der Waals surface area contributed by atoms with Crippen molar-refractivity contribution in [1.29, 1.82) is 0 Å². The van der Waals surface area contributed by atoms with Crippen LogP contribution in [-0.4, -0.2) is 33.2 Å². The first-order valence-electron chi connectivity index (χ1n) is 6.79. The molecule has 0 aliphatic carbocycles. The van der Waals surface area contributed by atoms with Crippen LogP contribution in [0.15, 0.2) is 30.3 Å². The van der Waals surface area contributed by atoms with E-state index in [9.17, 15) is 10.2 Å². The van der Waals surface area contributed by atoms with E-state index >= 15 is 0 Å². The molecule has 0 unspecified atom stereocenters. The number of hydrogen-bond donors (Lipinski definition) is 2. The first kappa shape index (κ1) is 14.8. The third-order valence-corrected chi connectivity index (χ3v) is 3.85. The van der Waals surface area contributed by atoms with Crippen molar-refractivity contribution in [3.05, 3.63) is 52.8 Å². The summed E-state index contributed by atoms with van der Waals surface area (Å²) < 4.78 is 1.81. The fourth-order valence-corrected chi connectivity index (χ4v) is 2.60. The van der Waals surface area contributed by atoms with Gasteiger partial charge in [-0.15, -0.1) is 0 Å². The molecular formula is C16H22N2O2. The van der Waals surface area contributed by atoms with E-state index in [1.54, 1.807) is 0 Å². The molecule has 0 atom stereocenters. The molecule has 0 fully saturated rings. The minimum atomic E-state index is -0.674. The molecule has 1 aromatic heterocycles. The standard InChI is InChI=1S/C16H22N2O2/c1-12-5-4-6-14(7-12)16(10-19,11-20)9-15-8-13(2)17-18(15)3/h4-8,19-20H,9-11H2,1-3H3. The normalized spacial score (nSPS) is 11.8. The van der Waals surface area contributed by atoms with E-state index in [0.29, 0.717) is 6.42 Å². The lowest BCUT2D eigenvalue weighted by Gasteiger charge is -2.30. The van der Waals surface area contributed by atoms with Crippen LogP contribution in [0.3, 0.4) is 0 Å². The SMILES string of the molecule is Cc1cccc(C(CO)(CO)Cc2cc(C)nn2C)c1. The smallest absolute Gasteiger partial charge is 0.0596 e. The van der Waals surface area contributed by atoms with Crippen molar-refractivity contribution < 1.29 is 10.2 Å². The summed E-state index contributed by atoms with van der Waals surface area (Å²) in [5, 5.41) is 24.1. The van der Waals surface area contributed by atoms with Crippen molar-refractivity contribution in [2.45, 2.75) is 25.7 Å². The average Bonchev–Trinajstić information content (AvgIpc) is 2.74. The van der Waals surface area contributed by atoms with Gasteiger partial charge in [-0.1, -0.05) is 29.8 Å². The molecule has 20 heavy (non-hydrogen) atoms. The molecule has 0 bridgehead atoms. The van der Waals surface area contributed by atoms with Crippen LogP contribution >= 0.6 is 0 Å². The van der Waals surface area contributed by atoms with Crippen LogP contribution in [-0.2, 0) is 18.9 Å². The Labute approximate surface area is 119 Å². The van der Waals surface area contributed by atoms with E-state index in [2.05, 4.69) is 5.10 Å². The Morgan fingerprint density at radius 2 is 1.85 bits per heavy atom. The highest BCUT2D eigenvalue weighted by Crippen LogP contribution is 2.28. The van der Waals surface area contributed by atoms with Crippen LogP contribution < -0.4 is 0 Å².